The molecule has 1 unspecified atom stereocenters. The molecule has 0 bridgehead atoms. The van der Waals surface area contributed by atoms with Crippen molar-refractivity contribution in [1.82, 2.24) is 9.88 Å². The van der Waals surface area contributed by atoms with Crippen molar-refractivity contribution in [3.05, 3.63) is 15.6 Å². The minimum atomic E-state index is 0.516. The molecule has 0 aromatic carbocycles. The van der Waals surface area contributed by atoms with Gasteiger partial charge in [0, 0.05) is 30.1 Å². The van der Waals surface area contributed by atoms with Crippen molar-refractivity contribution in [3.63, 3.8) is 0 Å². The van der Waals surface area contributed by atoms with Gasteiger partial charge in [-0.3, -0.25) is 0 Å². The number of thiazole rings is 1. The highest BCUT2D eigenvalue weighted by molar-refractivity contribution is 7.79. The Morgan fingerprint density at radius 3 is 2.84 bits per heavy atom. The van der Waals surface area contributed by atoms with Crippen molar-refractivity contribution in [2.24, 2.45) is 5.92 Å². The fraction of sp³-hybridized carbons (Fsp3) is 0.800. The highest BCUT2D eigenvalue weighted by Crippen LogP contribution is 2.27. The molecule has 2 rings (SSSR count). The summed E-state index contributed by atoms with van der Waals surface area (Å²) >= 11 is 6.29. The average Bonchev–Trinajstić information content (AvgIpc) is 2.80. The third kappa shape index (κ3) is 4.20. The second kappa shape index (κ2) is 7.09. The Hall–Kier alpha value is -0.0600. The number of nitrogens with zero attached hydrogens (tertiary/aromatic N) is 2. The van der Waals surface area contributed by atoms with Crippen molar-refractivity contribution >= 4 is 24.0 Å². The van der Waals surface area contributed by atoms with Gasteiger partial charge in [0.25, 0.3) is 0 Å². The van der Waals surface area contributed by atoms with Crippen molar-refractivity contribution in [3.8, 4) is 0 Å². The molecule has 1 atom stereocenters. The summed E-state index contributed by atoms with van der Waals surface area (Å²) in [4.78, 5) is 8.79. The lowest BCUT2D eigenvalue weighted by molar-refractivity contribution is 0.186. The summed E-state index contributed by atoms with van der Waals surface area (Å²) in [5.74, 6) is 2.21. The number of hydrogen-bond acceptors (Lipinski definition) is 4. The van der Waals surface area contributed by atoms with E-state index in [0.717, 1.165) is 18.1 Å². The molecule has 0 spiro atoms. The van der Waals surface area contributed by atoms with Crippen LogP contribution in [-0.2, 0) is 12.2 Å². The highest BCUT2D eigenvalue weighted by Gasteiger charge is 2.17. The predicted octanol–water partition coefficient (Wildman–Crippen LogP) is 3.97. The SMILES string of the molecule is CC1CCCN(CCc2nc(C(C)C)c(CS)s2)C1. The van der Waals surface area contributed by atoms with Crippen LogP contribution in [0, 0.1) is 5.92 Å². The van der Waals surface area contributed by atoms with Crippen LogP contribution in [0.25, 0.3) is 0 Å². The molecule has 108 valence electrons. The molecule has 4 heteroatoms. The van der Waals surface area contributed by atoms with E-state index >= 15 is 0 Å². The third-order valence-electron chi connectivity index (χ3n) is 3.85. The van der Waals surface area contributed by atoms with Gasteiger partial charge < -0.3 is 4.90 Å². The Kier molecular flexibility index (Phi) is 5.72. The molecule has 1 aliphatic heterocycles. The monoisotopic (exact) mass is 298 g/mol. The van der Waals surface area contributed by atoms with E-state index in [1.807, 2.05) is 11.3 Å². The Balaban J connectivity index is 1.92. The maximum atomic E-state index is 4.83. The molecule has 2 heterocycles. The fourth-order valence-electron chi connectivity index (χ4n) is 2.83. The van der Waals surface area contributed by atoms with Crippen LogP contribution in [0.1, 0.15) is 55.1 Å². The van der Waals surface area contributed by atoms with Crippen molar-refractivity contribution in [2.75, 3.05) is 19.6 Å². The Bertz CT molecular complexity index is 401. The molecule has 1 aromatic heterocycles. The molecular formula is C15H26N2S2. The van der Waals surface area contributed by atoms with Crippen LogP contribution in [0.15, 0.2) is 0 Å². The van der Waals surface area contributed by atoms with Crippen LogP contribution >= 0.6 is 24.0 Å². The number of rotatable bonds is 5. The number of aromatic nitrogens is 1. The van der Waals surface area contributed by atoms with E-state index in [0.29, 0.717) is 5.92 Å². The molecule has 19 heavy (non-hydrogen) atoms. The molecule has 1 aliphatic rings. The van der Waals surface area contributed by atoms with Crippen LogP contribution in [0.5, 0.6) is 0 Å². The Labute approximate surface area is 127 Å². The molecule has 1 aromatic rings. The lowest BCUT2D eigenvalue weighted by atomic mass is 10.0. The van der Waals surface area contributed by atoms with Gasteiger partial charge >= 0.3 is 0 Å². The smallest absolute Gasteiger partial charge is 0.0944 e. The first-order valence-corrected chi connectivity index (χ1v) is 8.86. The molecule has 0 radical (unpaired) electrons. The van der Waals surface area contributed by atoms with Gasteiger partial charge in [-0.1, -0.05) is 20.8 Å². The van der Waals surface area contributed by atoms with E-state index in [2.05, 4.69) is 38.3 Å². The van der Waals surface area contributed by atoms with Gasteiger partial charge in [-0.25, -0.2) is 4.98 Å². The van der Waals surface area contributed by atoms with Crippen LogP contribution < -0.4 is 0 Å². The second-order valence-corrected chi connectivity index (χ2v) is 7.51. The topological polar surface area (TPSA) is 16.1 Å². The maximum absolute atomic E-state index is 4.83. The van der Waals surface area contributed by atoms with Crippen LogP contribution in [-0.4, -0.2) is 29.5 Å². The summed E-state index contributed by atoms with van der Waals surface area (Å²) in [6, 6.07) is 0. The number of hydrogen-bond donors (Lipinski definition) is 1. The lowest BCUT2D eigenvalue weighted by Gasteiger charge is -2.30. The molecule has 0 N–H and O–H groups in total. The number of thiol groups is 1. The minimum absolute atomic E-state index is 0.516. The lowest BCUT2D eigenvalue weighted by Crippen LogP contribution is -2.35. The second-order valence-electron chi connectivity index (χ2n) is 6.03. The number of likely N-dealkylation sites (tertiary alicyclic amines) is 1. The largest absolute Gasteiger partial charge is 0.303 e. The summed E-state index contributed by atoms with van der Waals surface area (Å²) in [6.07, 6.45) is 3.86. The predicted molar refractivity (Wildman–Crippen MR) is 87.4 cm³/mol. The Morgan fingerprint density at radius 1 is 1.47 bits per heavy atom. The van der Waals surface area contributed by atoms with E-state index in [1.54, 1.807) is 0 Å². The summed E-state index contributed by atoms with van der Waals surface area (Å²) in [5.41, 5.74) is 1.27. The summed E-state index contributed by atoms with van der Waals surface area (Å²) in [6.45, 7) is 10.5. The third-order valence-corrected chi connectivity index (χ3v) is 5.51. The van der Waals surface area contributed by atoms with Crippen molar-refractivity contribution in [2.45, 2.75) is 51.7 Å². The summed E-state index contributed by atoms with van der Waals surface area (Å²) in [7, 11) is 0. The zero-order chi connectivity index (χ0) is 13.8. The van der Waals surface area contributed by atoms with Gasteiger partial charge in [-0.2, -0.15) is 12.6 Å². The average molecular weight is 299 g/mol. The van der Waals surface area contributed by atoms with Crippen LogP contribution in [0.4, 0.5) is 0 Å². The minimum Gasteiger partial charge on any atom is -0.303 e. The van der Waals surface area contributed by atoms with E-state index in [1.165, 1.54) is 48.1 Å². The van der Waals surface area contributed by atoms with Gasteiger partial charge in [0.05, 0.1) is 10.7 Å². The van der Waals surface area contributed by atoms with E-state index in [4.69, 9.17) is 4.98 Å². The first-order valence-electron chi connectivity index (χ1n) is 7.41. The number of piperidine rings is 1. The zero-order valence-electron chi connectivity index (χ0n) is 12.4. The van der Waals surface area contributed by atoms with Crippen LogP contribution in [0.2, 0.25) is 0 Å². The first-order chi connectivity index (χ1) is 9.10. The Morgan fingerprint density at radius 2 is 2.26 bits per heavy atom. The van der Waals surface area contributed by atoms with E-state index < -0.39 is 0 Å². The van der Waals surface area contributed by atoms with Gasteiger partial charge in [-0.15, -0.1) is 11.3 Å². The molecule has 0 aliphatic carbocycles. The van der Waals surface area contributed by atoms with Gasteiger partial charge in [0.15, 0.2) is 0 Å². The maximum Gasteiger partial charge on any atom is 0.0944 e. The zero-order valence-corrected chi connectivity index (χ0v) is 14.1. The van der Waals surface area contributed by atoms with E-state index in [-0.39, 0.29) is 0 Å². The van der Waals surface area contributed by atoms with Gasteiger partial charge in [0.1, 0.15) is 0 Å². The standard InChI is InChI=1S/C15H26N2S2/c1-11(2)15-13(10-18)19-14(16-15)6-8-17-7-4-5-12(3)9-17/h11-12,18H,4-10H2,1-3H3. The van der Waals surface area contributed by atoms with Gasteiger partial charge in [0.2, 0.25) is 0 Å². The van der Waals surface area contributed by atoms with Crippen LogP contribution in [0.3, 0.4) is 0 Å². The summed E-state index contributed by atoms with van der Waals surface area (Å²) < 4.78 is 0. The highest BCUT2D eigenvalue weighted by atomic mass is 32.1. The van der Waals surface area contributed by atoms with E-state index in [9.17, 15) is 0 Å². The molecule has 1 fully saturated rings. The molecule has 0 saturated carbocycles. The van der Waals surface area contributed by atoms with Crippen molar-refractivity contribution in [1.29, 1.82) is 0 Å². The summed E-state index contributed by atoms with van der Waals surface area (Å²) in [5, 5.41) is 1.30. The quantitative estimate of drug-likeness (QED) is 0.828. The fourth-order valence-corrected chi connectivity index (χ4v) is 4.26. The van der Waals surface area contributed by atoms with Crippen molar-refractivity contribution < 1.29 is 0 Å². The van der Waals surface area contributed by atoms with Gasteiger partial charge in [-0.05, 0) is 31.2 Å². The molecule has 0 amide bonds. The molecule has 1 saturated heterocycles. The first kappa shape index (κ1) is 15.3. The molecular weight excluding hydrogens is 272 g/mol. The normalized spacial score (nSPS) is 21.2. The molecule has 2 nitrogen and oxygen atoms in total.